The number of unbranched alkanes of at least 4 members (excludes halogenated alkanes) is 1. The van der Waals surface area contributed by atoms with Crippen molar-refractivity contribution in [1.82, 2.24) is 14.4 Å². The van der Waals surface area contributed by atoms with Gasteiger partial charge in [0.15, 0.2) is 0 Å². The molecule has 3 heterocycles. The van der Waals surface area contributed by atoms with Crippen LogP contribution < -0.4 is 0 Å². The first-order valence-electron chi connectivity index (χ1n) is 10.7. The number of aromatic nitrogens is 1. The van der Waals surface area contributed by atoms with Crippen molar-refractivity contribution in [3.05, 3.63) is 45.4 Å². The molecule has 0 spiro atoms. The van der Waals surface area contributed by atoms with Crippen molar-refractivity contribution < 1.29 is 9.59 Å². The first-order valence-corrected chi connectivity index (χ1v) is 11.5. The van der Waals surface area contributed by atoms with Crippen LogP contribution in [0.1, 0.15) is 59.2 Å². The number of hydrogen-bond donors (Lipinski definition) is 0. The number of carbonyl (C=O) groups excluding carboxylic acids is 2. The van der Waals surface area contributed by atoms with Crippen LogP contribution in [0.5, 0.6) is 0 Å². The van der Waals surface area contributed by atoms with Gasteiger partial charge in [0.25, 0.3) is 5.91 Å². The van der Waals surface area contributed by atoms with Gasteiger partial charge in [-0.05, 0) is 50.6 Å². The topological polar surface area (TPSA) is 45.6 Å². The number of nitrogens with zero attached hydrogens (tertiary/aromatic N) is 3. The summed E-state index contributed by atoms with van der Waals surface area (Å²) in [5, 5.41) is 2.08. The maximum Gasteiger partial charge on any atom is 0.255 e. The molecule has 0 N–H and O–H groups in total. The minimum Gasteiger partial charge on any atom is -0.346 e. The lowest BCUT2D eigenvalue weighted by molar-refractivity contribution is -0.135. The average molecular weight is 416 g/mol. The number of amides is 2. The second-order valence-corrected chi connectivity index (χ2v) is 9.16. The molecule has 3 rings (SSSR count). The molecule has 0 unspecified atom stereocenters. The molecular formula is C23H33N3O2S. The largest absolute Gasteiger partial charge is 0.346 e. The van der Waals surface area contributed by atoms with Crippen molar-refractivity contribution in [2.24, 2.45) is 5.92 Å². The van der Waals surface area contributed by atoms with Gasteiger partial charge < -0.3 is 14.4 Å². The summed E-state index contributed by atoms with van der Waals surface area (Å²) >= 11 is 1.74. The van der Waals surface area contributed by atoms with Gasteiger partial charge in [-0.2, -0.15) is 0 Å². The van der Waals surface area contributed by atoms with Crippen molar-refractivity contribution in [3.8, 4) is 0 Å². The Morgan fingerprint density at radius 1 is 1.24 bits per heavy atom. The molecular weight excluding hydrogens is 382 g/mol. The highest BCUT2D eigenvalue weighted by molar-refractivity contribution is 7.09. The Balaban J connectivity index is 1.62. The molecule has 1 saturated heterocycles. The highest BCUT2D eigenvalue weighted by Gasteiger charge is 2.30. The van der Waals surface area contributed by atoms with Crippen molar-refractivity contribution in [1.29, 1.82) is 0 Å². The molecule has 1 aliphatic heterocycles. The van der Waals surface area contributed by atoms with E-state index in [4.69, 9.17) is 0 Å². The Labute approximate surface area is 178 Å². The first-order chi connectivity index (χ1) is 13.9. The molecule has 2 aromatic heterocycles. The smallest absolute Gasteiger partial charge is 0.255 e. The Morgan fingerprint density at radius 2 is 1.97 bits per heavy atom. The number of likely N-dealkylation sites (tertiary alicyclic amines) is 1. The summed E-state index contributed by atoms with van der Waals surface area (Å²) in [6.07, 6.45) is 3.65. The van der Waals surface area contributed by atoms with Crippen molar-refractivity contribution >= 4 is 23.2 Å². The summed E-state index contributed by atoms with van der Waals surface area (Å²) in [6.45, 7) is 9.19. The zero-order chi connectivity index (χ0) is 21.0. The van der Waals surface area contributed by atoms with Crippen molar-refractivity contribution in [2.45, 2.75) is 53.0 Å². The van der Waals surface area contributed by atoms with E-state index in [1.54, 1.807) is 11.3 Å². The summed E-state index contributed by atoms with van der Waals surface area (Å²) < 4.78 is 2.22. The van der Waals surface area contributed by atoms with Gasteiger partial charge >= 0.3 is 0 Å². The average Bonchev–Trinajstić information content (AvgIpc) is 3.35. The van der Waals surface area contributed by atoms with Gasteiger partial charge in [-0.25, -0.2) is 0 Å². The molecule has 1 fully saturated rings. The number of rotatable bonds is 7. The Kier molecular flexibility index (Phi) is 7.17. The summed E-state index contributed by atoms with van der Waals surface area (Å²) in [5.74, 6) is 0.382. The van der Waals surface area contributed by atoms with Gasteiger partial charge in [-0.15, -0.1) is 11.3 Å². The van der Waals surface area contributed by atoms with E-state index in [0.717, 1.165) is 55.7 Å². The summed E-state index contributed by atoms with van der Waals surface area (Å²) in [5.41, 5.74) is 2.93. The molecule has 0 atom stereocenters. The van der Waals surface area contributed by atoms with Crippen LogP contribution in [0.15, 0.2) is 23.6 Å². The maximum absolute atomic E-state index is 13.2. The third-order valence-corrected chi connectivity index (χ3v) is 6.91. The predicted molar refractivity (Wildman–Crippen MR) is 118 cm³/mol. The highest BCUT2D eigenvalue weighted by atomic mass is 32.1. The van der Waals surface area contributed by atoms with Gasteiger partial charge in [0.1, 0.15) is 0 Å². The fraction of sp³-hybridized carbons (Fsp3) is 0.565. The minimum atomic E-state index is 0.0483. The Bertz CT molecular complexity index is 833. The highest BCUT2D eigenvalue weighted by Crippen LogP contribution is 2.24. The molecule has 158 valence electrons. The second-order valence-electron chi connectivity index (χ2n) is 8.13. The number of thiophene rings is 1. The third-order valence-electron chi connectivity index (χ3n) is 6.05. The molecule has 6 heteroatoms. The summed E-state index contributed by atoms with van der Waals surface area (Å²) in [7, 11) is 1.90. The molecule has 2 aromatic rings. The van der Waals surface area contributed by atoms with E-state index in [9.17, 15) is 9.59 Å². The lowest BCUT2D eigenvalue weighted by atomic mass is 9.94. The quantitative estimate of drug-likeness (QED) is 0.676. The molecule has 1 aliphatic rings. The van der Waals surface area contributed by atoms with Gasteiger partial charge in [0.2, 0.25) is 5.91 Å². The normalized spacial score (nSPS) is 15.0. The fourth-order valence-electron chi connectivity index (χ4n) is 4.14. The molecule has 0 aromatic carbocycles. The van der Waals surface area contributed by atoms with E-state index < -0.39 is 0 Å². The van der Waals surface area contributed by atoms with Gasteiger partial charge in [0.05, 0.1) is 12.1 Å². The van der Waals surface area contributed by atoms with E-state index in [1.807, 2.05) is 29.8 Å². The van der Waals surface area contributed by atoms with Crippen LogP contribution in [0.3, 0.4) is 0 Å². The van der Waals surface area contributed by atoms with Gasteiger partial charge in [0, 0.05) is 48.9 Å². The van der Waals surface area contributed by atoms with Crippen molar-refractivity contribution in [2.75, 3.05) is 26.7 Å². The molecule has 2 amide bonds. The number of hydrogen-bond acceptors (Lipinski definition) is 3. The minimum absolute atomic E-state index is 0.0483. The lowest BCUT2D eigenvalue weighted by Crippen LogP contribution is -2.43. The molecule has 0 saturated carbocycles. The molecule has 0 bridgehead atoms. The van der Waals surface area contributed by atoms with Gasteiger partial charge in [-0.3, -0.25) is 9.59 Å². The van der Waals surface area contributed by atoms with Crippen LogP contribution in [0, 0.1) is 19.8 Å². The van der Waals surface area contributed by atoms with Crippen molar-refractivity contribution in [3.63, 3.8) is 0 Å². The third kappa shape index (κ3) is 4.92. The van der Waals surface area contributed by atoms with Crippen LogP contribution in [0.2, 0.25) is 0 Å². The fourth-order valence-corrected chi connectivity index (χ4v) is 4.83. The molecule has 0 radical (unpaired) electrons. The molecule has 29 heavy (non-hydrogen) atoms. The van der Waals surface area contributed by atoms with E-state index >= 15 is 0 Å². The van der Waals surface area contributed by atoms with Crippen LogP contribution in [-0.2, 0) is 11.3 Å². The van der Waals surface area contributed by atoms with E-state index in [2.05, 4.69) is 35.9 Å². The Hall–Kier alpha value is -2.08. The standard InChI is InChI=1S/C23H33N3O2S/c1-5-6-11-24(4)22(27)19-9-12-25(13-10-19)23(28)21-15-17(2)26(18(21)3)16-20-8-7-14-29-20/h7-8,14-15,19H,5-6,9-13,16H2,1-4H3. The van der Waals surface area contributed by atoms with Gasteiger partial charge in [-0.1, -0.05) is 19.4 Å². The monoisotopic (exact) mass is 415 g/mol. The van der Waals surface area contributed by atoms with E-state index in [1.165, 1.54) is 4.88 Å². The van der Waals surface area contributed by atoms with E-state index in [0.29, 0.717) is 13.1 Å². The van der Waals surface area contributed by atoms with Crippen LogP contribution in [-0.4, -0.2) is 52.9 Å². The zero-order valence-corrected chi connectivity index (χ0v) is 18.9. The predicted octanol–water partition coefficient (Wildman–Crippen LogP) is 4.33. The number of carbonyl (C=O) groups is 2. The summed E-state index contributed by atoms with van der Waals surface area (Å²) in [6, 6.07) is 6.21. The van der Waals surface area contributed by atoms with E-state index in [-0.39, 0.29) is 17.7 Å². The van der Waals surface area contributed by atoms with Crippen LogP contribution in [0.25, 0.3) is 0 Å². The lowest BCUT2D eigenvalue weighted by Gasteiger charge is -2.33. The van der Waals surface area contributed by atoms with Crippen LogP contribution >= 0.6 is 11.3 Å². The first kappa shape index (κ1) is 21.6. The number of piperidine rings is 1. The SMILES string of the molecule is CCCCN(C)C(=O)C1CCN(C(=O)c2cc(C)n(Cc3cccs3)c2C)CC1. The number of aryl methyl sites for hydroxylation is 1. The Morgan fingerprint density at radius 3 is 2.59 bits per heavy atom. The second kappa shape index (κ2) is 9.61. The molecule has 5 nitrogen and oxygen atoms in total. The zero-order valence-electron chi connectivity index (χ0n) is 18.1. The molecule has 0 aliphatic carbocycles. The van der Waals surface area contributed by atoms with Crippen LogP contribution in [0.4, 0.5) is 0 Å². The maximum atomic E-state index is 13.2. The summed E-state index contributed by atoms with van der Waals surface area (Å²) in [4.78, 5) is 30.9.